The summed E-state index contributed by atoms with van der Waals surface area (Å²) in [5.41, 5.74) is 0. The standard InChI is InChI=1S/C7H11ClO/c8-5-6-2-1-3-7(9)4-6/h6H,1-5H2. The molecule has 1 aliphatic carbocycles. The van der Waals surface area contributed by atoms with Crippen molar-refractivity contribution in [2.45, 2.75) is 25.7 Å². The zero-order valence-corrected chi connectivity index (χ0v) is 6.16. The molecule has 9 heavy (non-hydrogen) atoms. The van der Waals surface area contributed by atoms with Gasteiger partial charge in [0.1, 0.15) is 5.78 Å². The largest absolute Gasteiger partial charge is 0.300 e. The molecule has 1 saturated carbocycles. The van der Waals surface area contributed by atoms with Crippen molar-refractivity contribution >= 4 is 17.4 Å². The van der Waals surface area contributed by atoms with Crippen molar-refractivity contribution in [2.75, 3.05) is 5.88 Å². The van der Waals surface area contributed by atoms with Crippen LogP contribution in [0.15, 0.2) is 0 Å². The molecule has 2 heteroatoms. The zero-order valence-electron chi connectivity index (χ0n) is 5.40. The van der Waals surface area contributed by atoms with Crippen LogP contribution in [0.1, 0.15) is 25.7 Å². The predicted octanol–water partition coefficient (Wildman–Crippen LogP) is 1.98. The average molecular weight is 147 g/mol. The molecule has 0 spiro atoms. The molecule has 0 saturated heterocycles. The Morgan fingerprint density at radius 3 is 2.89 bits per heavy atom. The highest BCUT2D eigenvalue weighted by Gasteiger charge is 2.17. The molecule has 0 amide bonds. The monoisotopic (exact) mass is 146 g/mol. The van der Waals surface area contributed by atoms with Crippen molar-refractivity contribution in [3.8, 4) is 0 Å². The van der Waals surface area contributed by atoms with Gasteiger partial charge in [-0.15, -0.1) is 11.6 Å². The van der Waals surface area contributed by atoms with Gasteiger partial charge in [-0.1, -0.05) is 0 Å². The Labute approximate surface area is 60.4 Å². The lowest BCUT2D eigenvalue weighted by atomic mass is 9.90. The minimum absolute atomic E-state index is 0.395. The zero-order chi connectivity index (χ0) is 6.69. The maximum Gasteiger partial charge on any atom is 0.133 e. The first-order chi connectivity index (χ1) is 4.33. The van der Waals surface area contributed by atoms with E-state index in [1.807, 2.05) is 0 Å². The maximum absolute atomic E-state index is 10.8. The van der Waals surface area contributed by atoms with E-state index in [0.29, 0.717) is 17.6 Å². The summed E-state index contributed by atoms with van der Waals surface area (Å²) in [7, 11) is 0. The summed E-state index contributed by atoms with van der Waals surface area (Å²) in [4.78, 5) is 10.8. The summed E-state index contributed by atoms with van der Waals surface area (Å²) >= 11 is 5.59. The van der Waals surface area contributed by atoms with Crippen LogP contribution in [0.2, 0.25) is 0 Å². The first-order valence-corrected chi connectivity index (χ1v) is 3.94. The van der Waals surface area contributed by atoms with Gasteiger partial charge in [0.2, 0.25) is 0 Å². The van der Waals surface area contributed by atoms with Crippen LogP contribution in [-0.2, 0) is 4.79 Å². The van der Waals surface area contributed by atoms with Crippen LogP contribution >= 0.6 is 11.6 Å². The Kier molecular flexibility index (Phi) is 2.52. The van der Waals surface area contributed by atoms with Gasteiger partial charge in [0.05, 0.1) is 0 Å². The minimum atomic E-state index is 0.395. The maximum atomic E-state index is 10.8. The van der Waals surface area contributed by atoms with E-state index in [2.05, 4.69) is 0 Å². The van der Waals surface area contributed by atoms with Crippen molar-refractivity contribution in [3.05, 3.63) is 0 Å². The summed E-state index contributed by atoms with van der Waals surface area (Å²) in [6, 6.07) is 0. The van der Waals surface area contributed by atoms with Gasteiger partial charge >= 0.3 is 0 Å². The van der Waals surface area contributed by atoms with Gasteiger partial charge in [-0.25, -0.2) is 0 Å². The lowest BCUT2D eigenvalue weighted by molar-refractivity contribution is -0.121. The van der Waals surface area contributed by atoms with Gasteiger partial charge < -0.3 is 0 Å². The van der Waals surface area contributed by atoms with E-state index in [0.717, 1.165) is 25.7 Å². The Morgan fingerprint density at radius 1 is 1.67 bits per heavy atom. The van der Waals surface area contributed by atoms with Gasteiger partial charge in [0.15, 0.2) is 0 Å². The molecule has 0 bridgehead atoms. The number of Topliss-reactive ketones (excluding diaryl/α,β-unsaturated/α-hetero) is 1. The molecule has 0 aromatic rings. The van der Waals surface area contributed by atoms with Crippen molar-refractivity contribution < 1.29 is 4.79 Å². The summed E-state index contributed by atoms with van der Waals surface area (Å²) < 4.78 is 0. The third kappa shape index (κ3) is 1.98. The summed E-state index contributed by atoms with van der Waals surface area (Å²) in [5.74, 6) is 1.53. The van der Waals surface area contributed by atoms with E-state index in [1.54, 1.807) is 0 Å². The highest BCUT2D eigenvalue weighted by molar-refractivity contribution is 6.18. The lowest BCUT2D eigenvalue weighted by Gasteiger charge is -2.17. The summed E-state index contributed by atoms with van der Waals surface area (Å²) in [5, 5.41) is 0. The van der Waals surface area contributed by atoms with Crippen LogP contribution < -0.4 is 0 Å². The Hall–Kier alpha value is -0.0400. The van der Waals surface area contributed by atoms with Crippen LogP contribution in [0, 0.1) is 5.92 Å². The number of rotatable bonds is 1. The van der Waals surface area contributed by atoms with E-state index in [1.165, 1.54) is 0 Å². The normalized spacial score (nSPS) is 28.6. The molecule has 1 rings (SSSR count). The van der Waals surface area contributed by atoms with Crippen LogP contribution in [-0.4, -0.2) is 11.7 Å². The fourth-order valence-corrected chi connectivity index (χ4v) is 1.51. The SMILES string of the molecule is O=C1CCCC(CCl)C1. The van der Waals surface area contributed by atoms with Gasteiger partial charge in [0, 0.05) is 18.7 Å². The second-order valence-corrected chi connectivity index (χ2v) is 2.96. The smallest absolute Gasteiger partial charge is 0.133 e. The third-order valence-corrected chi connectivity index (χ3v) is 2.24. The van der Waals surface area contributed by atoms with Gasteiger partial charge in [0.25, 0.3) is 0 Å². The number of carbonyl (C=O) groups is 1. The van der Waals surface area contributed by atoms with Crippen LogP contribution in [0.3, 0.4) is 0 Å². The molecule has 52 valence electrons. The topological polar surface area (TPSA) is 17.1 Å². The second kappa shape index (κ2) is 3.21. The molecule has 0 aromatic carbocycles. The van der Waals surface area contributed by atoms with E-state index < -0.39 is 0 Å². The fraction of sp³-hybridized carbons (Fsp3) is 0.857. The number of ketones is 1. The Bertz CT molecular complexity index is 111. The molecule has 0 aliphatic heterocycles. The Morgan fingerprint density at radius 2 is 2.44 bits per heavy atom. The molecule has 0 N–H and O–H groups in total. The van der Waals surface area contributed by atoms with Crippen molar-refractivity contribution in [1.29, 1.82) is 0 Å². The summed E-state index contributed by atoms with van der Waals surface area (Å²) in [6.45, 7) is 0. The number of carbonyl (C=O) groups excluding carboxylic acids is 1. The highest BCUT2D eigenvalue weighted by atomic mass is 35.5. The predicted molar refractivity (Wildman–Crippen MR) is 37.7 cm³/mol. The van der Waals surface area contributed by atoms with Crippen LogP contribution in [0.4, 0.5) is 0 Å². The molecule has 1 atom stereocenters. The molecule has 0 heterocycles. The van der Waals surface area contributed by atoms with Crippen molar-refractivity contribution in [2.24, 2.45) is 5.92 Å². The second-order valence-electron chi connectivity index (χ2n) is 2.66. The van der Waals surface area contributed by atoms with E-state index in [-0.39, 0.29) is 0 Å². The van der Waals surface area contributed by atoms with Gasteiger partial charge in [-0.3, -0.25) is 4.79 Å². The van der Waals surface area contributed by atoms with Gasteiger partial charge in [-0.05, 0) is 18.8 Å². The Balaban J connectivity index is 2.32. The van der Waals surface area contributed by atoms with Crippen LogP contribution in [0.25, 0.3) is 0 Å². The van der Waals surface area contributed by atoms with Crippen molar-refractivity contribution in [1.82, 2.24) is 0 Å². The molecule has 1 aliphatic rings. The lowest BCUT2D eigenvalue weighted by Crippen LogP contribution is -2.15. The first kappa shape index (κ1) is 7.07. The third-order valence-electron chi connectivity index (χ3n) is 1.80. The number of halogens is 1. The minimum Gasteiger partial charge on any atom is -0.300 e. The molecule has 0 radical (unpaired) electrons. The molecule has 1 nitrogen and oxygen atoms in total. The van der Waals surface area contributed by atoms with E-state index in [4.69, 9.17) is 11.6 Å². The average Bonchev–Trinajstić information content (AvgIpc) is 1.88. The number of hydrogen-bond donors (Lipinski definition) is 0. The molecular weight excluding hydrogens is 136 g/mol. The number of hydrogen-bond acceptors (Lipinski definition) is 1. The molecular formula is C7H11ClO. The van der Waals surface area contributed by atoms with Crippen molar-refractivity contribution in [3.63, 3.8) is 0 Å². The van der Waals surface area contributed by atoms with E-state index >= 15 is 0 Å². The molecule has 1 unspecified atom stereocenters. The molecule has 1 fully saturated rings. The fourth-order valence-electron chi connectivity index (χ4n) is 1.25. The summed E-state index contributed by atoms with van der Waals surface area (Å²) in [6.07, 6.45) is 3.71. The molecule has 0 aromatic heterocycles. The quantitative estimate of drug-likeness (QED) is 0.517. The van der Waals surface area contributed by atoms with E-state index in [9.17, 15) is 4.79 Å². The van der Waals surface area contributed by atoms with Gasteiger partial charge in [-0.2, -0.15) is 0 Å². The highest BCUT2D eigenvalue weighted by Crippen LogP contribution is 2.21. The first-order valence-electron chi connectivity index (χ1n) is 3.40. The number of alkyl halides is 1. The van der Waals surface area contributed by atoms with Crippen LogP contribution in [0.5, 0.6) is 0 Å².